The molecular formula is C23H31N7O7. The van der Waals surface area contributed by atoms with Gasteiger partial charge in [-0.25, -0.2) is 19.1 Å². The lowest BCUT2D eigenvalue weighted by Gasteiger charge is -2.20. The lowest BCUT2D eigenvalue weighted by molar-refractivity contribution is -0.138. The third-order valence-corrected chi connectivity index (χ3v) is 5.29. The van der Waals surface area contributed by atoms with Crippen molar-refractivity contribution in [1.82, 2.24) is 24.7 Å². The number of urea groups is 1. The summed E-state index contributed by atoms with van der Waals surface area (Å²) >= 11 is 0. The van der Waals surface area contributed by atoms with Gasteiger partial charge >= 0.3 is 18.1 Å². The molecule has 1 unspecified atom stereocenters. The summed E-state index contributed by atoms with van der Waals surface area (Å²) in [5.41, 5.74) is 5.81. The highest BCUT2D eigenvalue weighted by atomic mass is 16.6. The van der Waals surface area contributed by atoms with Gasteiger partial charge in [-0.1, -0.05) is 12.1 Å². The second-order valence-electron chi connectivity index (χ2n) is 9.45. The standard InChI is InChI=1S/C23H31N7O7/c1-23(2,3)37-22(36)30-16-8-5-4-7-15(16)27-20(30)25-9-6-10-28-13-18(32)29(21(28)35)12-17(31)26-11-14(24)19(33)34/h4-5,7-8,14H,6,9-13,24H2,1-3H3,(H,25,27)(H,26,31)(H,33,34). The fourth-order valence-corrected chi connectivity index (χ4v) is 3.54. The highest BCUT2D eigenvalue weighted by Gasteiger charge is 2.36. The molecule has 14 heteroatoms. The molecule has 2 heterocycles. The summed E-state index contributed by atoms with van der Waals surface area (Å²) < 4.78 is 6.86. The van der Waals surface area contributed by atoms with E-state index in [4.69, 9.17) is 15.6 Å². The Labute approximate surface area is 212 Å². The Morgan fingerprint density at radius 3 is 2.59 bits per heavy atom. The van der Waals surface area contributed by atoms with Gasteiger partial charge in [0.05, 0.1) is 11.0 Å². The molecule has 4 amide bonds. The first-order chi connectivity index (χ1) is 17.4. The van der Waals surface area contributed by atoms with Gasteiger partial charge in [0, 0.05) is 19.6 Å². The van der Waals surface area contributed by atoms with Crippen molar-refractivity contribution in [3.63, 3.8) is 0 Å². The van der Waals surface area contributed by atoms with Crippen LogP contribution in [0.25, 0.3) is 11.0 Å². The number of para-hydroxylation sites is 2. The lowest BCUT2D eigenvalue weighted by atomic mass is 10.2. The van der Waals surface area contributed by atoms with Crippen LogP contribution in [0.3, 0.4) is 0 Å². The van der Waals surface area contributed by atoms with Gasteiger partial charge in [-0.15, -0.1) is 0 Å². The second kappa shape index (κ2) is 11.2. The molecule has 2 aromatic rings. The molecule has 3 rings (SSSR count). The molecule has 0 saturated carbocycles. The quantitative estimate of drug-likeness (QED) is 0.254. The topological polar surface area (TPSA) is 189 Å². The number of aromatic nitrogens is 2. The van der Waals surface area contributed by atoms with Gasteiger partial charge in [-0.05, 0) is 39.3 Å². The van der Waals surface area contributed by atoms with Crippen LogP contribution in [-0.2, 0) is 19.1 Å². The average Bonchev–Trinajstić information content (AvgIpc) is 3.31. The fraction of sp³-hybridized carbons (Fsp3) is 0.478. The lowest BCUT2D eigenvalue weighted by Crippen LogP contribution is -2.46. The fourth-order valence-electron chi connectivity index (χ4n) is 3.54. The summed E-state index contributed by atoms with van der Waals surface area (Å²) in [5.74, 6) is -2.22. The van der Waals surface area contributed by atoms with Crippen LogP contribution in [0.5, 0.6) is 0 Å². The predicted molar refractivity (Wildman–Crippen MR) is 132 cm³/mol. The number of nitrogens with two attached hydrogens (primary N) is 1. The summed E-state index contributed by atoms with van der Waals surface area (Å²) in [4.78, 5) is 67.0. The maximum Gasteiger partial charge on any atom is 0.421 e. The van der Waals surface area contributed by atoms with Crippen molar-refractivity contribution in [3.05, 3.63) is 24.3 Å². The first kappa shape index (κ1) is 27.4. The Hall–Kier alpha value is -4.20. The van der Waals surface area contributed by atoms with Crippen LogP contribution in [0.15, 0.2) is 24.3 Å². The molecule has 1 fully saturated rings. The maximum atomic E-state index is 12.8. The van der Waals surface area contributed by atoms with Crippen molar-refractivity contribution in [2.24, 2.45) is 5.73 Å². The van der Waals surface area contributed by atoms with Gasteiger partial charge in [0.25, 0.3) is 5.91 Å². The smallest absolute Gasteiger partial charge is 0.421 e. The van der Waals surface area contributed by atoms with Crippen LogP contribution in [0.1, 0.15) is 27.2 Å². The minimum atomic E-state index is -1.29. The number of hydrogen-bond donors (Lipinski definition) is 4. The second-order valence-corrected chi connectivity index (χ2v) is 9.45. The van der Waals surface area contributed by atoms with Crippen LogP contribution >= 0.6 is 0 Å². The average molecular weight is 518 g/mol. The van der Waals surface area contributed by atoms with Gasteiger partial charge in [-0.3, -0.25) is 19.3 Å². The Morgan fingerprint density at radius 2 is 1.92 bits per heavy atom. The molecule has 1 atom stereocenters. The zero-order chi connectivity index (χ0) is 27.3. The first-order valence-electron chi connectivity index (χ1n) is 11.7. The number of anilines is 1. The van der Waals surface area contributed by atoms with E-state index in [2.05, 4.69) is 15.6 Å². The molecule has 1 aliphatic heterocycles. The highest BCUT2D eigenvalue weighted by molar-refractivity contribution is 6.04. The third-order valence-electron chi connectivity index (χ3n) is 5.29. The Balaban J connectivity index is 1.55. The van der Waals surface area contributed by atoms with Crippen molar-refractivity contribution in [2.45, 2.75) is 38.8 Å². The molecule has 5 N–H and O–H groups in total. The van der Waals surface area contributed by atoms with Crippen molar-refractivity contribution in [2.75, 3.05) is 38.0 Å². The molecule has 0 radical (unpaired) electrons. The number of benzene rings is 1. The number of hydrogen-bond acceptors (Lipinski definition) is 9. The normalized spacial score (nSPS) is 14.7. The van der Waals surface area contributed by atoms with Crippen molar-refractivity contribution in [1.29, 1.82) is 0 Å². The van der Waals surface area contributed by atoms with E-state index >= 15 is 0 Å². The number of nitrogens with one attached hydrogen (secondary N) is 2. The predicted octanol–water partition coefficient (Wildman–Crippen LogP) is 0.414. The number of carboxylic acid groups (broad SMARTS) is 1. The summed E-state index contributed by atoms with van der Waals surface area (Å²) in [6.45, 7) is 4.81. The van der Waals surface area contributed by atoms with Gasteiger partial charge < -0.3 is 31.1 Å². The van der Waals surface area contributed by atoms with E-state index in [-0.39, 0.29) is 25.6 Å². The van der Waals surface area contributed by atoms with Crippen LogP contribution in [0.4, 0.5) is 15.5 Å². The molecule has 14 nitrogen and oxygen atoms in total. The number of imide groups is 1. The number of nitrogens with zero attached hydrogens (tertiary/aromatic N) is 4. The van der Waals surface area contributed by atoms with Gasteiger partial charge in [-0.2, -0.15) is 0 Å². The molecule has 0 aliphatic carbocycles. The van der Waals surface area contributed by atoms with E-state index in [9.17, 15) is 24.0 Å². The van der Waals surface area contributed by atoms with Crippen LogP contribution < -0.4 is 16.4 Å². The summed E-state index contributed by atoms with van der Waals surface area (Å²) in [5, 5.41) is 14.1. The van der Waals surface area contributed by atoms with E-state index < -0.39 is 48.1 Å². The zero-order valence-electron chi connectivity index (χ0n) is 20.9. The van der Waals surface area contributed by atoms with Gasteiger partial charge in [0.1, 0.15) is 24.7 Å². The summed E-state index contributed by atoms with van der Waals surface area (Å²) in [6, 6.07) is 5.21. The van der Waals surface area contributed by atoms with Crippen LogP contribution in [0.2, 0.25) is 0 Å². The van der Waals surface area contributed by atoms with E-state index in [0.29, 0.717) is 24.0 Å². The number of rotatable bonds is 10. The van der Waals surface area contributed by atoms with Crippen molar-refractivity contribution >= 4 is 46.9 Å². The first-order valence-corrected chi connectivity index (χ1v) is 11.7. The van der Waals surface area contributed by atoms with E-state index in [1.54, 1.807) is 45.0 Å². The van der Waals surface area contributed by atoms with Crippen LogP contribution in [-0.4, -0.2) is 98.7 Å². The zero-order valence-corrected chi connectivity index (χ0v) is 20.9. The molecule has 1 aromatic carbocycles. The van der Waals surface area contributed by atoms with Gasteiger partial charge in [0.2, 0.25) is 11.9 Å². The van der Waals surface area contributed by atoms with Gasteiger partial charge in [0.15, 0.2) is 0 Å². The molecule has 37 heavy (non-hydrogen) atoms. The molecule has 0 bridgehead atoms. The Kier molecular flexibility index (Phi) is 8.32. The number of carbonyl (C=O) groups is 5. The number of imidazole rings is 1. The Bertz CT molecular complexity index is 1200. The Morgan fingerprint density at radius 1 is 1.22 bits per heavy atom. The van der Waals surface area contributed by atoms with Crippen molar-refractivity contribution < 1.29 is 33.8 Å². The number of fused-ring (bicyclic) bond motifs is 1. The third kappa shape index (κ3) is 6.94. The number of carboxylic acids is 1. The molecule has 0 spiro atoms. The monoisotopic (exact) mass is 517 g/mol. The number of aliphatic carboxylic acids is 1. The number of ether oxygens (including phenoxy) is 1. The molecule has 1 aliphatic rings. The SMILES string of the molecule is CC(C)(C)OC(=O)n1c(NCCCN2CC(=O)N(CC(=O)NCC(N)C(=O)O)C2=O)nc2ccccc21. The number of amides is 4. The minimum Gasteiger partial charge on any atom is -0.480 e. The van der Waals surface area contributed by atoms with E-state index in [0.717, 1.165) is 4.90 Å². The molecule has 200 valence electrons. The molecular weight excluding hydrogens is 486 g/mol. The van der Waals surface area contributed by atoms with Crippen LogP contribution in [0, 0.1) is 0 Å². The highest BCUT2D eigenvalue weighted by Crippen LogP contribution is 2.22. The summed E-state index contributed by atoms with van der Waals surface area (Å²) in [6.07, 6.45) is -0.161. The van der Waals surface area contributed by atoms with E-state index in [1.807, 2.05) is 0 Å². The minimum absolute atomic E-state index is 0.183. The largest absolute Gasteiger partial charge is 0.480 e. The van der Waals surface area contributed by atoms with E-state index in [1.165, 1.54) is 9.47 Å². The molecule has 1 aromatic heterocycles. The molecule has 1 saturated heterocycles. The number of carbonyl (C=O) groups excluding carboxylic acids is 4. The maximum absolute atomic E-state index is 12.8. The van der Waals surface area contributed by atoms with Crippen molar-refractivity contribution in [3.8, 4) is 0 Å². The summed E-state index contributed by atoms with van der Waals surface area (Å²) in [7, 11) is 0.